The van der Waals surface area contributed by atoms with Gasteiger partial charge in [0.15, 0.2) is 6.10 Å². The van der Waals surface area contributed by atoms with Gasteiger partial charge in [-0.05, 0) is 44.4 Å². The molecule has 0 unspecified atom stereocenters. The molecule has 3 amide bonds. The first kappa shape index (κ1) is 17.3. The van der Waals surface area contributed by atoms with Crippen molar-refractivity contribution >= 4 is 17.6 Å². The number of hydrogen-bond acceptors (Lipinski definition) is 3. The van der Waals surface area contributed by atoms with Crippen LogP contribution in [0.5, 0.6) is 5.75 Å². The van der Waals surface area contributed by atoms with Gasteiger partial charge in [-0.3, -0.25) is 4.79 Å². The lowest BCUT2D eigenvalue weighted by Gasteiger charge is -2.28. The molecular formula is C19H25N3O3. The quantitative estimate of drug-likeness (QED) is 0.828. The molecule has 0 aliphatic carbocycles. The highest BCUT2D eigenvalue weighted by Gasteiger charge is 2.27. The molecule has 0 saturated carbocycles. The van der Waals surface area contributed by atoms with Crippen LogP contribution in [0.4, 0.5) is 10.5 Å². The van der Waals surface area contributed by atoms with Gasteiger partial charge in [-0.25, -0.2) is 4.79 Å². The van der Waals surface area contributed by atoms with Crippen molar-refractivity contribution in [3.63, 3.8) is 0 Å². The highest BCUT2D eigenvalue weighted by Crippen LogP contribution is 2.33. The van der Waals surface area contributed by atoms with Crippen molar-refractivity contribution in [3.8, 4) is 5.75 Å². The zero-order valence-electron chi connectivity index (χ0n) is 15.0. The number of anilines is 1. The third-order valence-electron chi connectivity index (χ3n) is 4.76. The minimum Gasteiger partial charge on any atom is -0.478 e. The number of ether oxygens (including phenoxy) is 1. The van der Waals surface area contributed by atoms with Gasteiger partial charge in [-0.15, -0.1) is 0 Å². The fraction of sp³-hybridized carbons (Fsp3) is 0.474. The van der Waals surface area contributed by atoms with E-state index in [0.29, 0.717) is 24.4 Å². The number of nitrogens with zero attached hydrogens (tertiary/aromatic N) is 1. The third kappa shape index (κ3) is 3.78. The number of benzene rings is 1. The molecule has 6 nitrogen and oxygen atoms in total. The van der Waals surface area contributed by atoms with E-state index < -0.39 is 6.10 Å². The van der Waals surface area contributed by atoms with Crippen LogP contribution in [0.3, 0.4) is 0 Å². The highest BCUT2D eigenvalue weighted by atomic mass is 16.5. The van der Waals surface area contributed by atoms with Gasteiger partial charge in [0.1, 0.15) is 5.75 Å². The average Bonchev–Trinajstić information content (AvgIpc) is 2.61. The molecule has 1 aromatic carbocycles. The van der Waals surface area contributed by atoms with Crippen molar-refractivity contribution in [1.29, 1.82) is 0 Å². The summed E-state index contributed by atoms with van der Waals surface area (Å²) in [5.41, 5.74) is 2.95. The molecule has 1 aromatic rings. The van der Waals surface area contributed by atoms with Crippen LogP contribution in [-0.2, 0) is 4.79 Å². The molecule has 134 valence electrons. The zero-order chi connectivity index (χ0) is 18.0. The Labute approximate surface area is 148 Å². The molecule has 3 rings (SSSR count). The molecule has 25 heavy (non-hydrogen) atoms. The maximum atomic E-state index is 12.4. The van der Waals surface area contributed by atoms with Crippen LogP contribution in [-0.4, -0.2) is 36.0 Å². The number of fused-ring (bicyclic) bond motifs is 1. The minimum atomic E-state index is -0.462. The number of carbonyl (C=O) groups is 2. The maximum absolute atomic E-state index is 12.4. The van der Waals surface area contributed by atoms with Gasteiger partial charge in [0.25, 0.3) is 5.91 Å². The molecule has 0 saturated heterocycles. The molecular weight excluding hydrogens is 318 g/mol. The summed E-state index contributed by atoms with van der Waals surface area (Å²) in [6, 6.07) is 5.41. The standard InChI is InChI=1S/C19H25N3O3/c1-4-16-18(23)21-15-6-5-14(11-17(15)25-16)13(3)20-19(24)22-9-7-12(2)8-10-22/h5-7,11,13,16H,4,8-10H2,1-3H3,(H,20,24)(H,21,23)/t13-,16+/m1/s1. The van der Waals surface area contributed by atoms with Crippen LogP contribution in [0.25, 0.3) is 0 Å². The van der Waals surface area contributed by atoms with Crippen molar-refractivity contribution < 1.29 is 14.3 Å². The Bertz CT molecular complexity index is 714. The first-order valence-corrected chi connectivity index (χ1v) is 8.80. The summed E-state index contributed by atoms with van der Waals surface area (Å²) >= 11 is 0. The number of nitrogens with one attached hydrogen (secondary N) is 2. The second-order valence-electron chi connectivity index (χ2n) is 6.68. The molecule has 2 aliphatic rings. The minimum absolute atomic E-state index is 0.0605. The SMILES string of the molecule is CC[C@@H]1Oc2cc([C@@H](C)NC(=O)N3CC=C(C)CC3)ccc2NC1=O. The van der Waals surface area contributed by atoms with E-state index in [1.165, 1.54) is 5.57 Å². The van der Waals surface area contributed by atoms with E-state index >= 15 is 0 Å². The predicted octanol–water partition coefficient (Wildman–Crippen LogP) is 3.22. The molecule has 0 aromatic heterocycles. The van der Waals surface area contributed by atoms with Crippen LogP contribution in [0.15, 0.2) is 29.8 Å². The van der Waals surface area contributed by atoms with E-state index in [-0.39, 0.29) is 18.0 Å². The van der Waals surface area contributed by atoms with E-state index in [1.807, 2.05) is 36.9 Å². The van der Waals surface area contributed by atoms with Crippen LogP contribution >= 0.6 is 0 Å². The largest absolute Gasteiger partial charge is 0.478 e. The Morgan fingerprint density at radius 3 is 2.96 bits per heavy atom. The smallest absolute Gasteiger partial charge is 0.318 e. The number of urea groups is 1. The van der Waals surface area contributed by atoms with Crippen molar-refractivity contribution in [3.05, 3.63) is 35.4 Å². The topological polar surface area (TPSA) is 70.7 Å². The van der Waals surface area contributed by atoms with E-state index in [0.717, 1.165) is 18.5 Å². The first-order chi connectivity index (χ1) is 12.0. The van der Waals surface area contributed by atoms with Crippen molar-refractivity contribution in [1.82, 2.24) is 10.2 Å². The lowest BCUT2D eigenvalue weighted by atomic mass is 10.1. The zero-order valence-corrected chi connectivity index (χ0v) is 15.0. The van der Waals surface area contributed by atoms with E-state index in [4.69, 9.17) is 4.74 Å². The lowest BCUT2D eigenvalue weighted by Crippen LogP contribution is -2.43. The summed E-state index contributed by atoms with van der Waals surface area (Å²) in [6.07, 6.45) is 3.17. The predicted molar refractivity (Wildman–Crippen MR) is 96.7 cm³/mol. The second-order valence-corrected chi connectivity index (χ2v) is 6.68. The molecule has 2 aliphatic heterocycles. The van der Waals surface area contributed by atoms with Gasteiger partial charge >= 0.3 is 6.03 Å². The van der Waals surface area contributed by atoms with Gasteiger partial charge in [0, 0.05) is 13.1 Å². The fourth-order valence-electron chi connectivity index (χ4n) is 3.01. The summed E-state index contributed by atoms with van der Waals surface area (Å²) in [7, 11) is 0. The van der Waals surface area contributed by atoms with Crippen LogP contribution < -0.4 is 15.4 Å². The lowest BCUT2D eigenvalue weighted by molar-refractivity contribution is -0.123. The number of hydrogen-bond donors (Lipinski definition) is 2. The summed E-state index contributed by atoms with van der Waals surface area (Å²) in [4.78, 5) is 26.1. The Kier molecular flexibility index (Phi) is 4.97. The summed E-state index contributed by atoms with van der Waals surface area (Å²) < 4.78 is 5.77. The monoisotopic (exact) mass is 343 g/mol. The molecule has 6 heteroatoms. The van der Waals surface area contributed by atoms with Gasteiger partial charge < -0.3 is 20.3 Å². The van der Waals surface area contributed by atoms with Crippen LogP contribution in [0.2, 0.25) is 0 Å². The van der Waals surface area contributed by atoms with Gasteiger partial charge in [-0.2, -0.15) is 0 Å². The van der Waals surface area contributed by atoms with Crippen molar-refractivity contribution in [2.24, 2.45) is 0 Å². The molecule has 0 fully saturated rings. The highest BCUT2D eigenvalue weighted by molar-refractivity contribution is 5.97. The molecule has 0 bridgehead atoms. The molecule has 2 heterocycles. The van der Waals surface area contributed by atoms with E-state index in [2.05, 4.69) is 23.6 Å². The van der Waals surface area contributed by atoms with E-state index in [9.17, 15) is 9.59 Å². The maximum Gasteiger partial charge on any atom is 0.318 e. The number of carbonyl (C=O) groups excluding carboxylic acids is 2. The van der Waals surface area contributed by atoms with Crippen molar-refractivity contribution in [2.75, 3.05) is 18.4 Å². The summed E-state index contributed by atoms with van der Waals surface area (Å²) in [6.45, 7) is 7.35. The number of amides is 3. The van der Waals surface area contributed by atoms with Gasteiger partial charge in [0.2, 0.25) is 0 Å². The van der Waals surface area contributed by atoms with Gasteiger partial charge in [0.05, 0.1) is 11.7 Å². The van der Waals surface area contributed by atoms with Crippen molar-refractivity contribution in [2.45, 2.75) is 45.8 Å². The normalized spacial score (nSPS) is 20.8. The fourth-order valence-corrected chi connectivity index (χ4v) is 3.01. The Balaban J connectivity index is 1.68. The van der Waals surface area contributed by atoms with Gasteiger partial charge in [-0.1, -0.05) is 24.6 Å². The Hall–Kier alpha value is -2.50. The van der Waals surface area contributed by atoms with E-state index in [1.54, 1.807) is 0 Å². The molecule has 2 atom stereocenters. The Morgan fingerprint density at radius 2 is 2.28 bits per heavy atom. The Morgan fingerprint density at radius 1 is 1.48 bits per heavy atom. The summed E-state index contributed by atoms with van der Waals surface area (Å²) in [5.74, 6) is 0.541. The summed E-state index contributed by atoms with van der Waals surface area (Å²) in [5, 5.41) is 5.89. The second kappa shape index (κ2) is 7.17. The third-order valence-corrected chi connectivity index (χ3v) is 4.76. The molecule has 0 spiro atoms. The first-order valence-electron chi connectivity index (χ1n) is 8.80. The molecule has 2 N–H and O–H groups in total. The average molecular weight is 343 g/mol. The van der Waals surface area contributed by atoms with Crippen LogP contribution in [0, 0.1) is 0 Å². The molecule has 0 radical (unpaired) electrons. The van der Waals surface area contributed by atoms with Crippen LogP contribution in [0.1, 0.15) is 45.2 Å². The number of rotatable bonds is 3.